The minimum atomic E-state index is 0.104. The molecule has 0 aliphatic carbocycles. The third kappa shape index (κ3) is 4.35. The summed E-state index contributed by atoms with van der Waals surface area (Å²) in [6.07, 6.45) is 2.79. The van der Waals surface area contributed by atoms with E-state index in [4.69, 9.17) is 0 Å². The molecule has 0 bridgehead atoms. The van der Waals surface area contributed by atoms with Crippen molar-refractivity contribution in [3.05, 3.63) is 40.2 Å². The van der Waals surface area contributed by atoms with Gasteiger partial charge in [-0.15, -0.1) is 11.3 Å². The van der Waals surface area contributed by atoms with Crippen LogP contribution in [0.2, 0.25) is 0 Å². The lowest BCUT2D eigenvalue weighted by atomic mass is 10.1. The molecule has 0 saturated heterocycles. The number of aromatic nitrogens is 1. The van der Waals surface area contributed by atoms with Gasteiger partial charge in [-0.05, 0) is 25.2 Å². The smallest absolute Gasteiger partial charge is 0.229 e. The molecule has 1 heterocycles. The van der Waals surface area contributed by atoms with Gasteiger partial charge in [0, 0.05) is 17.5 Å². The van der Waals surface area contributed by atoms with Crippen molar-refractivity contribution in [2.75, 3.05) is 18.6 Å². The molecule has 2 aromatic rings. The summed E-state index contributed by atoms with van der Waals surface area (Å²) in [5.74, 6) is 0.634. The topological polar surface area (TPSA) is 42.0 Å². The van der Waals surface area contributed by atoms with Crippen molar-refractivity contribution in [2.45, 2.75) is 13.3 Å². The number of thioether (sulfide) groups is 1. The van der Waals surface area contributed by atoms with Crippen LogP contribution in [0.25, 0.3) is 11.3 Å². The summed E-state index contributed by atoms with van der Waals surface area (Å²) < 4.78 is 0. The van der Waals surface area contributed by atoms with Crippen molar-refractivity contribution in [1.29, 1.82) is 0 Å². The summed E-state index contributed by atoms with van der Waals surface area (Å²) >= 11 is 3.20. The van der Waals surface area contributed by atoms with E-state index in [1.54, 1.807) is 11.3 Å². The maximum atomic E-state index is 11.3. The number of nitrogens with one attached hydrogen (secondary N) is 1. The highest BCUT2D eigenvalue weighted by Gasteiger charge is 2.03. The van der Waals surface area contributed by atoms with Gasteiger partial charge in [-0.1, -0.05) is 24.3 Å². The molecule has 5 heteroatoms. The highest BCUT2D eigenvalue weighted by molar-refractivity contribution is 7.99. The van der Waals surface area contributed by atoms with Gasteiger partial charge < -0.3 is 5.32 Å². The lowest BCUT2D eigenvalue weighted by Crippen LogP contribution is -2.27. The molecular weight excluding hydrogens is 288 g/mol. The summed E-state index contributed by atoms with van der Waals surface area (Å²) in [7, 11) is 0. The summed E-state index contributed by atoms with van der Waals surface area (Å²) in [5, 5.41) is 6.07. The van der Waals surface area contributed by atoms with E-state index in [1.807, 2.05) is 13.2 Å². The average Bonchev–Trinajstić information content (AvgIpc) is 2.86. The first-order valence-electron chi connectivity index (χ1n) is 6.46. The maximum absolute atomic E-state index is 11.3. The van der Waals surface area contributed by atoms with Gasteiger partial charge in [-0.25, -0.2) is 4.98 Å². The SMILES string of the molecule is CSCC(=O)NCCc1ccc(-c2csc(C)n2)cc1. The van der Waals surface area contributed by atoms with Crippen LogP contribution in [0.3, 0.4) is 0 Å². The monoisotopic (exact) mass is 306 g/mol. The molecule has 106 valence electrons. The Morgan fingerprint density at radius 1 is 1.35 bits per heavy atom. The quantitative estimate of drug-likeness (QED) is 0.891. The lowest BCUT2D eigenvalue weighted by molar-refractivity contribution is -0.118. The number of hydrogen-bond donors (Lipinski definition) is 1. The van der Waals surface area contributed by atoms with Crippen LogP contribution >= 0.6 is 23.1 Å². The highest BCUT2D eigenvalue weighted by atomic mass is 32.2. The number of thiazole rings is 1. The van der Waals surface area contributed by atoms with Crippen LogP contribution in [0, 0.1) is 6.92 Å². The van der Waals surface area contributed by atoms with Gasteiger partial charge in [0.2, 0.25) is 5.91 Å². The molecule has 2 rings (SSSR count). The van der Waals surface area contributed by atoms with Gasteiger partial charge in [0.25, 0.3) is 0 Å². The van der Waals surface area contributed by atoms with Gasteiger partial charge in [0.1, 0.15) is 0 Å². The molecule has 3 nitrogen and oxygen atoms in total. The van der Waals surface area contributed by atoms with Crippen LogP contribution < -0.4 is 5.32 Å². The summed E-state index contributed by atoms with van der Waals surface area (Å²) in [6, 6.07) is 8.39. The summed E-state index contributed by atoms with van der Waals surface area (Å²) in [5.41, 5.74) is 3.40. The van der Waals surface area contributed by atoms with E-state index < -0.39 is 0 Å². The van der Waals surface area contributed by atoms with Crippen molar-refractivity contribution in [3.63, 3.8) is 0 Å². The van der Waals surface area contributed by atoms with Crippen LogP contribution in [0.5, 0.6) is 0 Å². The first kappa shape index (κ1) is 15.1. The van der Waals surface area contributed by atoms with Gasteiger partial charge >= 0.3 is 0 Å². The van der Waals surface area contributed by atoms with Gasteiger partial charge in [-0.2, -0.15) is 11.8 Å². The van der Waals surface area contributed by atoms with E-state index in [9.17, 15) is 4.79 Å². The van der Waals surface area contributed by atoms with Crippen molar-refractivity contribution in [3.8, 4) is 11.3 Å². The van der Waals surface area contributed by atoms with Crippen LogP contribution in [-0.4, -0.2) is 29.4 Å². The van der Waals surface area contributed by atoms with Gasteiger partial charge in [0.15, 0.2) is 0 Å². The third-order valence-electron chi connectivity index (χ3n) is 2.88. The fraction of sp³-hybridized carbons (Fsp3) is 0.333. The van der Waals surface area contributed by atoms with Crippen molar-refractivity contribution in [1.82, 2.24) is 10.3 Å². The molecule has 1 aromatic carbocycles. The van der Waals surface area contributed by atoms with Crippen LogP contribution in [0.4, 0.5) is 0 Å². The van der Waals surface area contributed by atoms with Gasteiger partial charge in [0.05, 0.1) is 16.5 Å². The molecule has 1 N–H and O–H groups in total. The number of carbonyl (C=O) groups is 1. The van der Waals surface area contributed by atoms with Crippen LogP contribution in [-0.2, 0) is 11.2 Å². The predicted octanol–water partition coefficient (Wildman–Crippen LogP) is 3.14. The number of benzene rings is 1. The molecule has 0 spiro atoms. The van der Waals surface area contributed by atoms with Crippen LogP contribution in [0.15, 0.2) is 29.6 Å². The second-order valence-corrected chi connectivity index (χ2v) is 6.41. The zero-order valence-electron chi connectivity index (χ0n) is 11.7. The Morgan fingerprint density at radius 3 is 2.70 bits per heavy atom. The second kappa shape index (κ2) is 7.45. The molecule has 0 atom stereocenters. The molecule has 1 aromatic heterocycles. The van der Waals surface area contributed by atoms with Gasteiger partial charge in [-0.3, -0.25) is 4.79 Å². The van der Waals surface area contributed by atoms with E-state index in [2.05, 4.69) is 39.9 Å². The molecule has 0 saturated carbocycles. The van der Waals surface area contributed by atoms with E-state index in [0.717, 1.165) is 22.7 Å². The lowest BCUT2D eigenvalue weighted by Gasteiger charge is -2.05. The Labute approximate surface area is 127 Å². The Kier molecular flexibility index (Phi) is 5.61. The van der Waals surface area contributed by atoms with Crippen molar-refractivity contribution in [2.24, 2.45) is 0 Å². The molecular formula is C15H18N2OS2. The van der Waals surface area contributed by atoms with E-state index in [1.165, 1.54) is 17.3 Å². The second-order valence-electron chi connectivity index (χ2n) is 4.48. The Bertz CT molecular complexity index is 564. The van der Waals surface area contributed by atoms with Crippen molar-refractivity contribution >= 4 is 29.0 Å². The molecule has 20 heavy (non-hydrogen) atoms. The van der Waals surface area contributed by atoms with E-state index in [0.29, 0.717) is 12.3 Å². The Morgan fingerprint density at radius 2 is 2.10 bits per heavy atom. The molecule has 0 fully saturated rings. The normalized spacial score (nSPS) is 10.5. The largest absolute Gasteiger partial charge is 0.355 e. The Hall–Kier alpha value is -1.33. The minimum Gasteiger partial charge on any atom is -0.355 e. The average molecular weight is 306 g/mol. The first-order chi connectivity index (χ1) is 9.69. The minimum absolute atomic E-state index is 0.104. The number of aryl methyl sites for hydroxylation is 1. The van der Waals surface area contributed by atoms with Crippen LogP contribution in [0.1, 0.15) is 10.6 Å². The fourth-order valence-corrected chi connectivity index (χ4v) is 2.85. The maximum Gasteiger partial charge on any atom is 0.229 e. The van der Waals surface area contributed by atoms with Crippen molar-refractivity contribution < 1.29 is 4.79 Å². The number of amides is 1. The molecule has 0 unspecified atom stereocenters. The number of carbonyl (C=O) groups excluding carboxylic acids is 1. The Balaban J connectivity index is 1.87. The predicted molar refractivity (Wildman–Crippen MR) is 87.4 cm³/mol. The zero-order valence-corrected chi connectivity index (χ0v) is 13.3. The zero-order chi connectivity index (χ0) is 14.4. The number of nitrogens with zero attached hydrogens (tertiary/aromatic N) is 1. The molecule has 0 aliphatic rings. The first-order valence-corrected chi connectivity index (χ1v) is 8.73. The summed E-state index contributed by atoms with van der Waals surface area (Å²) in [4.78, 5) is 15.8. The molecule has 1 amide bonds. The van der Waals surface area contributed by atoms with E-state index in [-0.39, 0.29) is 5.91 Å². The fourth-order valence-electron chi connectivity index (χ4n) is 1.87. The number of rotatable bonds is 6. The highest BCUT2D eigenvalue weighted by Crippen LogP contribution is 2.21. The molecule has 0 radical (unpaired) electrons. The van der Waals surface area contributed by atoms with E-state index >= 15 is 0 Å². The third-order valence-corrected chi connectivity index (χ3v) is 4.20. The number of hydrogen-bond acceptors (Lipinski definition) is 4. The molecule has 0 aliphatic heterocycles. The standard InChI is InChI=1S/C15H18N2OS2/c1-11-17-14(9-20-11)13-5-3-12(4-6-13)7-8-16-15(18)10-19-2/h3-6,9H,7-8,10H2,1-2H3,(H,16,18). The summed E-state index contributed by atoms with van der Waals surface area (Å²) in [6.45, 7) is 2.70.